The number of aromatic hydroxyl groups is 1. The summed E-state index contributed by atoms with van der Waals surface area (Å²) in [6, 6.07) is 20.9. The van der Waals surface area contributed by atoms with Gasteiger partial charge >= 0.3 is 0 Å². The van der Waals surface area contributed by atoms with E-state index in [1.807, 2.05) is 55.6 Å². The fourth-order valence-electron chi connectivity index (χ4n) is 4.07. The quantitative estimate of drug-likeness (QED) is 0.484. The third-order valence-electron chi connectivity index (χ3n) is 5.41. The van der Waals surface area contributed by atoms with Crippen molar-refractivity contribution < 1.29 is 19.4 Å². The number of rotatable bonds is 3. The molecule has 0 bridgehead atoms. The zero-order chi connectivity index (χ0) is 20.8. The van der Waals surface area contributed by atoms with E-state index in [-0.39, 0.29) is 17.3 Å². The minimum Gasteiger partial charge on any atom is -0.508 e. The smallest absolute Gasteiger partial charge is 0.235 e. The van der Waals surface area contributed by atoms with E-state index in [0.29, 0.717) is 17.1 Å². The van der Waals surface area contributed by atoms with Gasteiger partial charge in [-0.3, -0.25) is 4.79 Å². The van der Waals surface area contributed by atoms with Crippen molar-refractivity contribution in [2.24, 2.45) is 7.05 Å². The fourth-order valence-corrected chi connectivity index (χ4v) is 4.07. The van der Waals surface area contributed by atoms with Crippen molar-refractivity contribution in [3.05, 3.63) is 83.6 Å². The first-order valence-electron chi connectivity index (χ1n) is 9.56. The molecule has 0 atom stereocenters. The van der Waals surface area contributed by atoms with Crippen LogP contribution < -0.4 is 9.47 Å². The van der Waals surface area contributed by atoms with Crippen LogP contribution in [0.1, 0.15) is 15.9 Å². The standard InChI is InChI=1S/C25H19NO4/c1-26-19-11-7-6-10-17(19)18(24(26)15-8-4-3-5-9-15)14-22-25(28)23-20(29-2)12-16(27)13-21(23)30-22/h3-14,27H,1-2H3/b22-14-. The fraction of sp³-hybridized carbons (Fsp3) is 0.0800. The number of carbonyl (C=O) groups is 1. The van der Waals surface area contributed by atoms with Gasteiger partial charge in [0.25, 0.3) is 0 Å². The van der Waals surface area contributed by atoms with Crippen LogP contribution >= 0.6 is 0 Å². The van der Waals surface area contributed by atoms with Crippen LogP contribution in [-0.4, -0.2) is 22.6 Å². The Morgan fingerprint density at radius 2 is 1.77 bits per heavy atom. The molecule has 0 saturated carbocycles. The number of ketones is 1. The second-order valence-electron chi connectivity index (χ2n) is 7.17. The molecule has 0 saturated heterocycles. The van der Waals surface area contributed by atoms with E-state index in [9.17, 15) is 9.90 Å². The van der Waals surface area contributed by atoms with Gasteiger partial charge in [0.15, 0.2) is 5.76 Å². The van der Waals surface area contributed by atoms with Crippen LogP contribution in [0.25, 0.3) is 28.2 Å². The average Bonchev–Trinajstić information content (AvgIpc) is 3.22. The number of fused-ring (bicyclic) bond motifs is 2. The first-order chi connectivity index (χ1) is 14.6. The van der Waals surface area contributed by atoms with Crippen LogP contribution in [-0.2, 0) is 7.05 Å². The van der Waals surface area contributed by atoms with Crippen LogP contribution in [0.2, 0.25) is 0 Å². The molecule has 0 aliphatic carbocycles. The van der Waals surface area contributed by atoms with Crippen LogP contribution in [0.5, 0.6) is 17.2 Å². The number of Topliss-reactive ketones (excluding diaryl/α,β-unsaturated/α-hetero) is 1. The highest BCUT2D eigenvalue weighted by molar-refractivity contribution is 6.17. The SMILES string of the molecule is COc1cc(O)cc2c1C(=O)/C(=C/c1c(-c3ccccc3)n(C)c3ccccc13)O2. The maximum Gasteiger partial charge on any atom is 0.235 e. The summed E-state index contributed by atoms with van der Waals surface area (Å²) in [7, 11) is 3.47. The van der Waals surface area contributed by atoms with Crippen molar-refractivity contribution >= 4 is 22.8 Å². The summed E-state index contributed by atoms with van der Waals surface area (Å²) in [4.78, 5) is 13.1. The van der Waals surface area contributed by atoms with Gasteiger partial charge in [0, 0.05) is 35.6 Å². The number of aryl methyl sites for hydroxylation is 1. The maximum absolute atomic E-state index is 13.1. The average molecular weight is 397 g/mol. The van der Waals surface area contributed by atoms with Crippen LogP contribution in [0.15, 0.2) is 72.5 Å². The van der Waals surface area contributed by atoms with E-state index < -0.39 is 0 Å². The van der Waals surface area contributed by atoms with Gasteiger partial charge in [-0.2, -0.15) is 0 Å². The van der Waals surface area contributed by atoms with Gasteiger partial charge in [0.1, 0.15) is 22.8 Å². The first kappa shape index (κ1) is 18.1. The topological polar surface area (TPSA) is 60.7 Å². The summed E-state index contributed by atoms with van der Waals surface area (Å²) in [5, 5.41) is 10.9. The van der Waals surface area contributed by atoms with Gasteiger partial charge in [-0.05, 0) is 17.7 Å². The molecule has 0 unspecified atom stereocenters. The molecule has 5 rings (SSSR count). The first-order valence-corrected chi connectivity index (χ1v) is 9.56. The van der Waals surface area contributed by atoms with Crippen LogP contribution in [0, 0.1) is 0 Å². The number of methoxy groups -OCH3 is 1. The summed E-state index contributed by atoms with van der Waals surface area (Å²) < 4.78 is 13.3. The Morgan fingerprint density at radius 3 is 2.53 bits per heavy atom. The Hall–Kier alpha value is -3.99. The predicted molar refractivity (Wildman–Crippen MR) is 116 cm³/mol. The molecule has 2 heterocycles. The zero-order valence-electron chi connectivity index (χ0n) is 16.5. The number of carbonyl (C=O) groups excluding carboxylic acids is 1. The third kappa shape index (κ3) is 2.67. The number of hydrogen-bond acceptors (Lipinski definition) is 4. The molecule has 4 aromatic rings. The van der Waals surface area contributed by atoms with E-state index in [4.69, 9.17) is 9.47 Å². The second-order valence-corrected chi connectivity index (χ2v) is 7.17. The number of hydrogen-bond donors (Lipinski definition) is 1. The Morgan fingerprint density at radius 1 is 1.03 bits per heavy atom. The Balaban J connectivity index is 1.73. The summed E-state index contributed by atoms with van der Waals surface area (Å²) in [5.41, 5.74) is 4.32. The summed E-state index contributed by atoms with van der Waals surface area (Å²) in [5.74, 6) is 0.496. The lowest BCUT2D eigenvalue weighted by molar-refractivity contribution is 0.101. The predicted octanol–water partition coefficient (Wildman–Crippen LogP) is 5.18. The number of para-hydroxylation sites is 1. The van der Waals surface area contributed by atoms with Gasteiger partial charge in [-0.25, -0.2) is 0 Å². The molecular formula is C25H19NO4. The molecule has 148 valence electrons. The number of allylic oxidation sites excluding steroid dienone is 1. The summed E-state index contributed by atoms with van der Waals surface area (Å²) in [6.45, 7) is 0. The highest BCUT2D eigenvalue weighted by Gasteiger charge is 2.32. The lowest BCUT2D eigenvalue weighted by atomic mass is 10.0. The summed E-state index contributed by atoms with van der Waals surface area (Å²) >= 11 is 0. The van der Waals surface area contributed by atoms with Crippen molar-refractivity contribution in [3.8, 4) is 28.5 Å². The normalized spacial score (nSPS) is 14.2. The number of phenolic OH excluding ortho intramolecular Hbond substituents is 1. The van der Waals surface area contributed by atoms with E-state index >= 15 is 0 Å². The largest absolute Gasteiger partial charge is 0.508 e. The molecular weight excluding hydrogens is 378 g/mol. The maximum atomic E-state index is 13.1. The number of nitrogens with zero attached hydrogens (tertiary/aromatic N) is 1. The molecule has 0 radical (unpaired) electrons. The molecule has 5 heteroatoms. The minimum atomic E-state index is -0.270. The molecule has 0 spiro atoms. The van der Waals surface area contributed by atoms with Crippen LogP contribution in [0.3, 0.4) is 0 Å². The lowest BCUT2D eigenvalue weighted by Crippen LogP contribution is -2.00. The Labute approximate surface area is 173 Å². The van der Waals surface area contributed by atoms with Gasteiger partial charge in [0.05, 0.1) is 12.8 Å². The van der Waals surface area contributed by atoms with Gasteiger partial charge in [0.2, 0.25) is 5.78 Å². The number of phenols is 1. The number of aromatic nitrogens is 1. The highest BCUT2D eigenvalue weighted by atomic mass is 16.5. The highest BCUT2D eigenvalue weighted by Crippen LogP contribution is 2.42. The van der Waals surface area contributed by atoms with E-state index in [2.05, 4.69) is 10.6 Å². The van der Waals surface area contributed by atoms with Crippen molar-refractivity contribution in [3.63, 3.8) is 0 Å². The van der Waals surface area contributed by atoms with E-state index in [0.717, 1.165) is 27.7 Å². The third-order valence-corrected chi connectivity index (χ3v) is 5.41. The molecule has 3 aromatic carbocycles. The molecule has 0 amide bonds. The van der Waals surface area contributed by atoms with E-state index in [1.165, 1.54) is 19.2 Å². The van der Waals surface area contributed by atoms with Crippen molar-refractivity contribution in [1.82, 2.24) is 4.57 Å². The number of ether oxygens (including phenoxy) is 2. The van der Waals surface area contributed by atoms with Gasteiger partial charge < -0.3 is 19.1 Å². The molecule has 1 aliphatic heterocycles. The van der Waals surface area contributed by atoms with E-state index in [1.54, 1.807) is 6.08 Å². The molecule has 1 aromatic heterocycles. The summed E-state index contributed by atoms with van der Waals surface area (Å²) in [6.07, 6.45) is 1.78. The van der Waals surface area contributed by atoms with Crippen molar-refractivity contribution in [1.29, 1.82) is 0 Å². The number of benzene rings is 3. The monoisotopic (exact) mass is 397 g/mol. The van der Waals surface area contributed by atoms with Crippen molar-refractivity contribution in [2.75, 3.05) is 7.11 Å². The van der Waals surface area contributed by atoms with Crippen LogP contribution in [0.4, 0.5) is 0 Å². The molecule has 1 aliphatic rings. The Bertz CT molecular complexity index is 1330. The van der Waals surface area contributed by atoms with Gasteiger partial charge in [-0.1, -0.05) is 48.5 Å². The van der Waals surface area contributed by atoms with Crippen molar-refractivity contribution in [2.45, 2.75) is 0 Å². The molecule has 1 N–H and O–H groups in total. The Kier molecular flexibility index (Phi) is 4.10. The second kappa shape index (κ2) is 6.81. The lowest BCUT2D eigenvalue weighted by Gasteiger charge is -2.07. The molecule has 5 nitrogen and oxygen atoms in total. The molecule has 0 fully saturated rings. The van der Waals surface area contributed by atoms with Gasteiger partial charge in [-0.15, -0.1) is 0 Å². The zero-order valence-corrected chi connectivity index (χ0v) is 16.5. The minimum absolute atomic E-state index is 0.0187. The molecule has 30 heavy (non-hydrogen) atoms.